The van der Waals surface area contributed by atoms with Crippen molar-refractivity contribution in [1.29, 1.82) is 0 Å². The smallest absolute Gasteiger partial charge is 0.391 e. The van der Waals surface area contributed by atoms with Crippen LogP contribution in [0.5, 0.6) is 11.6 Å². The third-order valence-corrected chi connectivity index (χ3v) is 7.61. The molecule has 1 saturated heterocycles. The number of hydrogen-bond donors (Lipinski definition) is 2. The van der Waals surface area contributed by atoms with Crippen molar-refractivity contribution in [2.45, 2.75) is 58.7 Å². The highest BCUT2D eigenvalue weighted by Gasteiger charge is 2.35. The molecule has 1 aliphatic rings. The molecule has 0 amide bonds. The molecule has 0 spiro atoms. The van der Waals surface area contributed by atoms with Crippen LogP contribution in [0.4, 0.5) is 19.1 Å². The standard InChI is InChI=1S/C31H34F3N5O/c1-19-8-12-25-24(23(19)13-10-21(3)31(32,33)34)11-9-20(2)28(25)40-29-26(7-5-16-36-29)27-14-17-37-30(39-27)38-22-6-4-15-35-18-22/h5,7-9,11-12,14,16-17,21-22,35H,4,6,10,13,15,18H2,1-3H3,(H,37,38,39)/t21-,22-/m0/s1. The molecule has 2 atom stereocenters. The molecule has 5 rings (SSSR count). The first-order valence-electron chi connectivity index (χ1n) is 13.7. The number of anilines is 1. The Morgan fingerprint density at radius 2 is 1.82 bits per heavy atom. The maximum absolute atomic E-state index is 13.2. The summed E-state index contributed by atoms with van der Waals surface area (Å²) >= 11 is 0. The highest BCUT2D eigenvalue weighted by Crippen LogP contribution is 2.39. The van der Waals surface area contributed by atoms with Gasteiger partial charge in [-0.1, -0.05) is 31.2 Å². The average molecular weight is 550 g/mol. The van der Waals surface area contributed by atoms with E-state index in [-0.39, 0.29) is 12.5 Å². The molecule has 2 N–H and O–H groups in total. The molecule has 2 aromatic heterocycles. The second-order valence-electron chi connectivity index (χ2n) is 10.6. The highest BCUT2D eigenvalue weighted by molar-refractivity contribution is 5.93. The van der Waals surface area contributed by atoms with E-state index in [1.807, 2.05) is 56.3 Å². The van der Waals surface area contributed by atoms with Crippen LogP contribution in [-0.4, -0.2) is 40.3 Å². The molecule has 1 aliphatic heterocycles. The molecule has 1 fully saturated rings. The number of benzene rings is 2. The van der Waals surface area contributed by atoms with E-state index < -0.39 is 12.1 Å². The van der Waals surface area contributed by atoms with Gasteiger partial charge >= 0.3 is 6.18 Å². The number of rotatable bonds is 8. The summed E-state index contributed by atoms with van der Waals surface area (Å²) in [5.41, 5.74) is 4.17. The van der Waals surface area contributed by atoms with Gasteiger partial charge in [0.25, 0.3) is 0 Å². The summed E-state index contributed by atoms with van der Waals surface area (Å²) in [7, 11) is 0. The van der Waals surface area contributed by atoms with Crippen LogP contribution in [0.25, 0.3) is 22.0 Å². The molecule has 0 radical (unpaired) electrons. The van der Waals surface area contributed by atoms with E-state index in [0.29, 0.717) is 29.7 Å². The van der Waals surface area contributed by atoms with Gasteiger partial charge < -0.3 is 15.4 Å². The number of halogens is 3. The van der Waals surface area contributed by atoms with Gasteiger partial charge in [0, 0.05) is 30.4 Å². The van der Waals surface area contributed by atoms with Crippen molar-refractivity contribution in [3.8, 4) is 22.9 Å². The van der Waals surface area contributed by atoms with Crippen LogP contribution < -0.4 is 15.4 Å². The van der Waals surface area contributed by atoms with Gasteiger partial charge in [0.1, 0.15) is 5.75 Å². The lowest BCUT2D eigenvalue weighted by Gasteiger charge is -2.23. The van der Waals surface area contributed by atoms with Crippen LogP contribution in [0.2, 0.25) is 0 Å². The second kappa shape index (κ2) is 11.8. The normalized spacial score (nSPS) is 16.6. The SMILES string of the molecule is Cc1ccc2c(Oc3ncccc3-c3ccnc(N[C@H]4CCCNC4)n3)c(C)ccc2c1CC[C@H](C)C(F)(F)F. The fraction of sp³-hybridized carbons (Fsp3) is 0.387. The third kappa shape index (κ3) is 6.20. The Balaban J connectivity index is 1.47. The largest absolute Gasteiger partial charge is 0.437 e. The number of fused-ring (bicyclic) bond motifs is 1. The quantitative estimate of drug-likeness (QED) is 0.239. The molecule has 0 aliphatic carbocycles. The Morgan fingerprint density at radius 1 is 1.02 bits per heavy atom. The van der Waals surface area contributed by atoms with Gasteiger partial charge in [-0.3, -0.25) is 0 Å². The van der Waals surface area contributed by atoms with E-state index in [2.05, 4.69) is 20.6 Å². The van der Waals surface area contributed by atoms with Gasteiger partial charge in [-0.2, -0.15) is 13.2 Å². The predicted octanol–water partition coefficient (Wildman–Crippen LogP) is 7.40. The first kappa shape index (κ1) is 27.8. The number of nitrogens with zero attached hydrogens (tertiary/aromatic N) is 3. The number of piperidine rings is 1. The number of nitrogens with one attached hydrogen (secondary N) is 2. The van der Waals surface area contributed by atoms with Gasteiger partial charge in [0.2, 0.25) is 11.8 Å². The Bertz CT molecular complexity index is 1480. The second-order valence-corrected chi connectivity index (χ2v) is 10.6. The fourth-order valence-corrected chi connectivity index (χ4v) is 5.15. The minimum atomic E-state index is -4.21. The third-order valence-electron chi connectivity index (χ3n) is 7.61. The molecular weight excluding hydrogens is 515 g/mol. The molecule has 6 nitrogen and oxygen atoms in total. The summed E-state index contributed by atoms with van der Waals surface area (Å²) in [5, 5.41) is 8.53. The van der Waals surface area contributed by atoms with Gasteiger partial charge in [-0.15, -0.1) is 0 Å². The van der Waals surface area contributed by atoms with Crippen molar-refractivity contribution < 1.29 is 17.9 Å². The van der Waals surface area contributed by atoms with Crippen LogP contribution >= 0.6 is 0 Å². The van der Waals surface area contributed by atoms with Gasteiger partial charge in [0.05, 0.1) is 17.2 Å². The maximum Gasteiger partial charge on any atom is 0.391 e. The summed E-state index contributed by atoms with van der Waals surface area (Å²) < 4.78 is 46.1. The van der Waals surface area contributed by atoms with Crippen LogP contribution in [-0.2, 0) is 6.42 Å². The highest BCUT2D eigenvalue weighted by atomic mass is 19.4. The molecule has 9 heteroatoms. The lowest BCUT2D eigenvalue weighted by molar-refractivity contribution is -0.170. The molecule has 0 saturated carbocycles. The predicted molar refractivity (Wildman–Crippen MR) is 152 cm³/mol. The van der Waals surface area contributed by atoms with E-state index in [1.165, 1.54) is 6.92 Å². The van der Waals surface area contributed by atoms with Crippen molar-refractivity contribution in [3.63, 3.8) is 0 Å². The number of aryl methyl sites for hydroxylation is 3. The first-order chi connectivity index (χ1) is 19.2. The Kier molecular flexibility index (Phi) is 8.21. The van der Waals surface area contributed by atoms with Crippen molar-refractivity contribution >= 4 is 16.7 Å². The van der Waals surface area contributed by atoms with Crippen LogP contribution in [0, 0.1) is 19.8 Å². The molecule has 4 aromatic rings. The average Bonchev–Trinajstić information content (AvgIpc) is 2.94. The Labute approximate surface area is 232 Å². The maximum atomic E-state index is 13.2. The molecule has 2 aromatic carbocycles. The van der Waals surface area contributed by atoms with Gasteiger partial charge in [-0.05, 0) is 86.4 Å². The zero-order valence-corrected chi connectivity index (χ0v) is 23.0. The summed E-state index contributed by atoms with van der Waals surface area (Å²) in [6, 6.07) is 13.7. The van der Waals surface area contributed by atoms with Gasteiger partial charge in [-0.25, -0.2) is 15.0 Å². The van der Waals surface area contributed by atoms with Crippen molar-refractivity contribution in [2.75, 3.05) is 18.4 Å². The van der Waals surface area contributed by atoms with E-state index in [0.717, 1.165) is 59.0 Å². The zero-order valence-electron chi connectivity index (χ0n) is 23.0. The van der Waals surface area contributed by atoms with Gasteiger partial charge in [0.15, 0.2) is 0 Å². The number of pyridine rings is 1. The summed E-state index contributed by atoms with van der Waals surface area (Å²) in [6.45, 7) is 7.02. The monoisotopic (exact) mass is 549 g/mol. The number of alkyl halides is 3. The van der Waals surface area contributed by atoms with E-state index in [4.69, 9.17) is 9.72 Å². The topological polar surface area (TPSA) is 72.0 Å². The lowest BCUT2D eigenvalue weighted by atomic mass is 9.92. The minimum Gasteiger partial charge on any atom is -0.437 e. The molecule has 0 bridgehead atoms. The number of hydrogen-bond acceptors (Lipinski definition) is 6. The minimum absolute atomic E-state index is 0.0267. The van der Waals surface area contributed by atoms with E-state index in [9.17, 15) is 13.2 Å². The van der Waals surface area contributed by atoms with Crippen LogP contribution in [0.15, 0.2) is 54.9 Å². The molecule has 0 unspecified atom stereocenters. The van der Waals surface area contributed by atoms with Crippen molar-refractivity contribution in [1.82, 2.24) is 20.3 Å². The summed E-state index contributed by atoms with van der Waals surface area (Å²) in [5.74, 6) is 0.203. The fourth-order valence-electron chi connectivity index (χ4n) is 5.15. The molecule has 40 heavy (non-hydrogen) atoms. The van der Waals surface area contributed by atoms with Crippen molar-refractivity contribution in [3.05, 3.63) is 71.5 Å². The van der Waals surface area contributed by atoms with Crippen molar-refractivity contribution in [2.24, 2.45) is 5.92 Å². The Hall–Kier alpha value is -3.72. The lowest BCUT2D eigenvalue weighted by Crippen LogP contribution is -2.38. The zero-order chi connectivity index (χ0) is 28.3. The summed E-state index contributed by atoms with van der Waals surface area (Å²) in [6.07, 6.45) is 1.69. The number of ether oxygens (including phenoxy) is 1. The van der Waals surface area contributed by atoms with Crippen LogP contribution in [0.1, 0.15) is 42.9 Å². The molecular formula is C31H34F3N5O. The number of aromatic nitrogens is 3. The van der Waals surface area contributed by atoms with E-state index in [1.54, 1.807) is 12.4 Å². The van der Waals surface area contributed by atoms with E-state index >= 15 is 0 Å². The molecule has 210 valence electrons. The van der Waals surface area contributed by atoms with Crippen LogP contribution in [0.3, 0.4) is 0 Å². The first-order valence-corrected chi connectivity index (χ1v) is 13.7. The molecule has 3 heterocycles. The summed E-state index contributed by atoms with van der Waals surface area (Å²) in [4.78, 5) is 13.7. The Morgan fingerprint density at radius 3 is 2.60 bits per heavy atom.